The molecule has 18 heavy (non-hydrogen) atoms. The van der Waals surface area contributed by atoms with Crippen molar-refractivity contribution in [2.75, 3.05) is 0 Å². The fraction of sp³-hybridized carbons (Fsp3) is 0.0833. The quantitative estimate of drug-likeness (QED) is 0.796. The van der Waals surface area contributed by atoms with Crippen molar-refractivity contribution in [1.29, 1.82) is 0 Å². The van der Waals surface area contributed by atoms with E-state index in [9.17, 15) is 4.79 Å². The number of aromatic nitrogens is 1. The van der Waals surface area contributed by atoms with E-state index in [0.717, 1.165) is 0 Å². The van der Waals surface area contributed by atoms with Crippen LogP contribution in [-0.4, -0.2) is 16.1 Å². The van der Waals surface area contributed by atoms with E-state index < -0.39 is 5.97 Å². The predicted octanol–water partition coefficient (Wildman–Crippen LogP) is 4.62. The number of carbonyl (C=O) groups is 1. The lowest BCUT2D eigenvalue weighted by Gasteiger charge is -1.98. The minimum atomic E-state index is -1.01. The third-order valence-corrected chi connectivity index (χ3v) is 3.33. The number of hydrogen-bond acceptors (Lipinski definition) is 1. The highest BCUT2D eigenvalue weighted by Crippen LogP contribution is 2.34. The lowest BCUT2D eigenvalue weighted by molar-refractivity contribution is -0.132. The molecule has 0 spiro atoms. The van der Waals surface area contributed by atoms with E-state index in [1.54, 1.807) is 12.1 Å². The summed E-state index contributed by atoms with van der Waals surface area (Å²) in [6.45, 7) is 1.49. The number of halogens is 3. The Balaban J connectivity index is 2.75. The maximum absolute atomic E-state index is 10.8. The van der Waals surface area contributed by atoms with Gasteiger partial charge >= 0.3 is 5.97 Å². The highest BCUT2D eigenvalue weighted by molar-refractivity contribution is 6.40. The minimum Gasteiger partial charge on any atom is -0.478 e. The molecule has 1 aromatic carbocycles. The van der Waals surface area contributed by atoms with Crippen LogP contribution in [-0.2, 0) is 4.79 Å². The third-order valence-electron chi connectivity index (χ3n) is 2.51. The predicted molar refractivity (Wildman–Crippen MR) is 74.6 cm³/mol. The van der Waals surface area contributed by atoms with Crippen LogP contribution >= 0.6 is 34.8 Å². The Morgan fingerprint density at radius 2 is 2.00 bits per heavy atom. The molecule has 2 rings (SSSR count). The van der Waals surface area contributed by atoms with E-state index in [1.165, 1.54) is 13.0 Å². The molecule has 0 amide bonds. The number of carboxylic acid groups (broad SMARTS) is 1. The first-order chi connectivity index (χ1) is 8.40. The Kier molecular flexibility index (Phi) is 3.57. The summed E-state index contributed by atoms with van der Waals surface area (Å²) in [5.74, 6) is -1.01. The molecule has 0 aliphatic heterocycles. The van der Waals surface area contributed by atoms with Gasteiger partial charge in [0.1, 0.15) is 5.15 Å². The SMILES string of the molecule is C/C(=C\c1c(Cl)[nH]c2c(Cl)cc(Cl)cc12)C(=O)O. The molecule has 0 saturated carbocycles. The van der Waals surface area contributed by atoms with Crippen molar-refractivity contribution in [3.8, 4) is 0 Å². The van der Waals surface area contributed by atoms with Crippen molar-refractivity contribution >= 4 is 57.8 Å². The van der Waals surface area contributed by atoms with Crippen molar-refractivity contribution in [3.63, 3.8) is 0 Å². The molecule has 0 radical (unpaired) electrons. The smallest absolute Gasteiger partial charge is 0.331 e. The van der Waals surface area contributed by atoms with Crippen molar-refractivity contribution < 1.29 is 9.90 Å². The zero-order chi connectivity index (χ0) is 13.4. The van der Waals surface area contributed by atoms with Gasteiger partial charge in [-0.2, -0.15) is 0 Å². The van der Waals surface area contributed by atoms with E-state index in [-0.39, 0.29) is 5.57 Å². The highest BCUT2D eigenvalue weighted by Gasteiger charge is 2.13. The summed E-state index contributed by atoms with van der Waals surface area (Å²) >= 11 is 18.0. The van der Waals surface area contributed by atoms with Gasteiger partial charge in [0, 0.05) is 21.5 Å². The monoisotopic (exact) mass is 303 g/mol. The van der Waals surface area contributed by atoms with Gasteiger partial charge in [0.25, 0.3) is 0 Å². The number of fused-ring (bicyclic) bond motifs is 1. The van der Waals surface area contributed by atoms with Gasteiger partial charge in [-0.3, -0.25) is 0 Å². The molecule has 2 N–H and O–H groups in total. The van der Waals surface area contributed by atoms with Gasteiger partial charge in [0.2, 0.25) is 0 Å². The van der Waals surface area contributed by atoms with Gasteiger partial charge < -0.3 is 10.1 Å². The Labute approximate surface area is 118 Å². The number of nitrogens with one attached hydrogen (secondary N) is 1. The number of H-pyrrole nitrogens is 1. The Morgan fingerprint density at radius 1 is 1.33 bits per heavy atom. The number of aromatic amines is 1. The fourth-order valence-corrected chi connectivity index (χ4v) is 2.42. The van der Waals surface area contributed by atoms with Crippen LogP contribution in [0.3, 0.4) is 0 Å². The second-order valence-electron chi connectivity index (χ2n) is 3.80. The van der Waals surface area contributed by atoms with Crippen LogP contribution in [0.2, 0.25) is 15.2 Å². The third kappa shape index (κ3) is 2.34. The van der Waals surface area contributed by atoms with Gasteiger partial charge in [-0.25, -0.2) is 4.79 Å². The molecule has 2 aromatic rings. The number of benzene rings is 1. The van der Waals surface area contributed by atoms with E-state index in [0.29, 0.717) is 31.7 Å². The van der Waals surface area contributed by atoms with Crippen LogP contribution in [0.5, 0.6) is 0 Å². The molecule has 94 valence electrons. The molecule has 6 heteroatoms. The summed E-state index contributed by atoms with van der Waals surface area (Å²) in [6.07, 6.45) is 1.48. The Bertz CT molecular complexity index is 674. The Morgan fingerprint density at radius 3 is 2.61 bits per heavy atom. The summed E-state index contributed by atoms with van der Waals surface area (Å²) in [4.78, 5) is 13.7. The molecule has 0 aliphatic rings. The standard InChI is InChI=1S/C12H8Cl3NO2/c1-5(12(17)18)2-8-7-3-6(13)4-9(14)10(7)16-11(8)15/h2-4,16H,1H3,(H,17,18)/b5-2+. The van der Waals surface area contributed by atoms with Crippen molar-refractivity contribution in [3.05, 3.63) is 38.5 Å². The van der Waals surface area contributed by atoms with E-state index >= 15 is 0 Å². The molecule has 0 aliphatic carbocycles. The summed E-state index contributed by atoms with van der Waals surface area (Å²) in [5.41, 5.74) is 1.38. The number of rotatable bonds is 2. The Hall–Kier alpha value is -1.16. The topological polar surface area (TPSA) is 53.1 Å². The van der Waals surface area contributed by atoms with Crippen molar-refractivity contribution in [1.82, 2.24) is 4.98 Å². The van der Waals surface area contributed by atoms with Gasteiger partial charge in [-0.05, 0) is 25.1 Å². The van der Waals surface area contributed by atoms with Crippen LogP contribution in [0.15, 0.2) is 17.7 Å². The maximum Gasteiger partial charge on any atom is 0.331 e. The molecule has 0 bridgehead atoms. The van der Waals surface area contributed by atoms with E-state index in [4.69, 9.17) is 39.9 Å². The molecule has 0 saturated heterocycles. The van der Waals surface area contributed by atoms with Crippen LogP contribution in [0.4, 0.5) is 0 Å². The summed E-state index contributed by atoms with van der Waals surface area (Å²) < 4.78 is 0. The maximum atomic E-state index is 10.8. The lowest BCUT2D eigenvalue weighted by Crippen LogP contribution is -1.95. The first-order valence-corrected chi connectivity index (χ1v) is 6.11. The average Bonchev–Trinajstić information content (AvgIpc) is 2.57. The normalized spacial score (nSPS) is 12.1. The number of aliphatic carboxylic acids is 1. The van der Waals surface area contributed by atoms with Crippen LogP contribution in [0.25, 0.3) is 17.0 Å². The molecule has 1 aromatic heterocycles. The van der Waals surface area contributed by atoms with Crippen LogP contribution in [0.1, 0.15) is 12.5 Å². The molecule has 0 fully saturated rings. The van der Waals surface area contributed by atoms with Crippen LogP contribution < -0.4 is 0 Å². The highest BCUT2D eigenvalue weighted by atomic mass is 35.5. The minimum absolute atomic E-state index is 0.175. The zero-order valence-corrected chi connectivity index (χ0v) is 11.5. The summed E-state index contributed by atoms with van der Waals surface area (Å²) in [7, 11) is 0. The molecule has 0 atom stereocenters. The molecule has 0 unspecified atom stereocenters. The van der Waals surface area contributed by atoms with Crippen molar-refractivity contribution in [2.24, 2.45) is 0 Å². The average molecular weight is 305 g/mol. The molecule has 1 heterocycles. The van der Waals surface area contributed by atoms with E-state index in [1.807, 2.05) is 0 Å². The van der Waals surface area contributed by atoms with Gasteiger partial charge in [0.15, 0.2) is 0 Å². The molecular weight excluding hydrogens is 296 g/mol. The fourth-order valence-electron chi connectivity index (χ4n) is 1.63. The number of hydrogen-bond donors (Lipinski definition) is 2. The largest absolute Gasteiger partial charge is 0.478 e. The first kappa shape index (κ1) is 13.3. The van der Waals surface area contributed by atoms with E-state index in [2.05, 4.69) is 4.98 Å². The second kappa shape index (κ2) is 4.84. The lowest BCUT2D eigenvalue weighted by atomic mass is 10.1. The van der Waals surface area contributed by atoms with Gasteiger partial charge in [-0.15, -0.1) is 0 Å². The molecular formula is C12H8Cl3NO2. The first-order valence-electron chi connectivity index (χ1n) is 4.98. The zero-order valence-electron chi connectivity index (χ0n) is 9.22. The van der Waals surface area contributed by atoms with Crippen molar-refractivity contribution in [2.45, 2.75) is 6.92 Å². The summed E-state index contributed by atoms with van der Waals surface area (Å²) in [6, 6.07) is 3.28. The number of carboxylic acids is 1. The van der Waals surface area contributed by atoms with Gasteiger partial charge in [0.05, 0.1) is 10.5 Å². The van der Waals surface area contributed by atoms with Crippen LogP contribution in [0, 0.1) is 0 Å². The second-order valence-corrected chi connectivity index (χ2v) is 5.02. The summed E-state index contributed by atoms with van der Waals surface area (Å²) in [5, 5.41) is 10.8. The molecule has 3 nitrogen and oxygen atoms in total. The van der Waals surface area contributed by atoms with Gasteiger partial charge in [-0.1, -0.05) is 34.8 Å².